The van der Waals surface area contributed by atoms with Crippen molar-refractivity contribution in [1.29, 1.82) is 0 Å². The maximum atomic E-state index is 4.38. The van der Waals surface area contributed by atoms with Gasteiger partial charge in [-0.1, -0.05) is 0 Å². The van der Waals surface area contributed by atoms with Gasteiger partial charge in [0.15, 0.2) is 0 Å². The molecule has 0 fully saturated rings. The first-order valence-electron chi connectivity index (χ1n) is 5.47. The molecule has 4 heteroatoms. The molecule has 2 aromatic heterocycles. The fourth-order valence-electron chi connectivity index (χ4n) is 1.84. The topological polar surface area (TPSA) is 43.6 Å². The molecule has 1 aromatic carbocycles. The van der Waals surface area contributed by atoms with Crippen LogP contribution in [0.4, 0.5) is 0 Å². The molecule has 0 radical (unpaired) electrons. The molecule has 0 aliphatic heterocycles. The second-order valence-electron chi connectivity index (χ2n) is 4.09. The zero-order valence-electron chi connectivity index (χ0n) is 9.75. The Morgan fingerprint density at radius 3 is 2.41 bits per heavy atom. The van der Waals surface area contributed by atoms with Crippen LogP contribution in [0.2, 0.25) is 0 Å². The Balaban J connectivity index is 2.29. The first kappa shape index (κ1) is 9.96. The van der Waals surface area contributed by atoms with E-state index < -0.39 is 0 Å². The summed E-state index contributed by atoms with van der Waals surface area (Å²) >= 11 is 0. The minimum atomic E-state index is 0.651. The summed E-state index contributed by atoms with van der Waals surface area (Å²) in [6, 6.07) is 6.01. The molecule has 0 atom stereocenters. The van der Waals surface area contributed by atoms with Gasteiger partial charge in [-0.25, -0.2) is 15.0 Å². The van der Waals surface area contributed by atoms with Crippen LogP contribution in [0.15, 0.2) is 36.9 Å². The number of fused-ring (bicyclic) bond motifs is 1. The molecule has 4 nitrogen and oxygen atoms in total. The number of benzene rings is 1. The highest BCUT2D eigenvalue weighted by atomic mass is 15.2. The van der Waals surface area contributed by atoms with E-state index in [4.69, 9.17) is 0 Å². The molecule has 0 spiro atoms. The Labute approximate surface area is 99.0 Å². The van der Waals surface area contributed by atoms with Gasteiger partial charge in [0, 0.05) is 12.4 Å². The molecule has 84 valence electrons. The van der Waals surface area contributed by atoms with Gasteiger partial charge in [-0.3, -0.25) is 4.57 Å². The average molecular weight is 224 g/mol. The molecule has 3 rings (SSSR count). The Morgan fingerprint density at radius 1 is 0.941 bits per heavy atom. The van der Waals surface area contributed by atoms with Crippen LogP contribution >= 0.6 is 0 Å². The highest BCUT2D eigenvalue weighted by Gasteiger charge is 2.07. The molecule has 0 saturated heterocycles. The van der Waals surface area contributed by atoms with Gasteiger partial charge in [-0.15, -0.1) is 0 Å². The highest BCUT2D eigenvalue weighted by Crippen LogP contribution is 2.19. The summed E-state index contributed by atoms with van der Waals surface area (Å²) in [4.78, 5) is 12.9. The number of imidazole rings is 1. The van der Waals surface area contributed by atoms with Crippen molar-refractivity contribution in [2.24, 2.45) is 0 Å². The second kappa shape index (κ2) is 3.66. The fourth-order valence-corrected chi connectivity index (χ4v) is 1.84. The van der Waals surface area contributed by atoms with Crippen molar-refractivity contribution in [1.82, 2.24) is 19.5 Å². The zero-order chi connectivity index (χ0) is 11.8. The largest absolute Gasteiger partial charge is 0.267 e. The molecule has 0 bridgehead atoms. The van der Waals surface area contributed by atoms with Gasteiger partial charge in [0.2, 0.25) is 5.95 Å². The molecule has 3 aromatic rings. The first-order valence-corrected chi connectivity index (χ1v) is 5.47. The third-order valence-corrected chi connectivity index (χ3v) is 2.93. The molecule has 0 saturated carbocycles. The Hall–Kier alpha value is -2.23. The van der Waals surface area contributed by atoms with Crippen molar-refractivity contribution in [3.05, 3.63) is 48.0 Å². The highest BCUT2D eigenvalue weighted by molar-refractivity contribution is 5.78. The normalized spacial score (nSPS) is 10.9. The van der Waals surface area contributed by atoms with Crippen molar-refractivity contribution >= 4 is 11.0 Å². The van der Waals surface area contributed by atoms with E-state index in [0.717, 1.165) is 11.0 Å². The van der Waals surface area contributed by atoms with Crippen molar-refractivity contribution in [3.63, 3.8) is 0 Å². The van der Waals surface area contributed by atoms with Crippen molar-refractivity contribution in [2.45, 2.75) is 13.8 Å². The maximum Gasteiger partial charge on any atom is 0.235 e. The van der Waals surface area contributed by atoms with Gasteiger partial charge in [0.25, 0.3) is 0 Å². The number of aromatic nitrogens is 4. The lowest BCUT2D eigenvalue weighted by Gasteiger charge is -2.03. The van der Waals surface area contributed by atoms with Crippen LogP contribution in [0, 0.1) is 13.8 Å². The molecular formula is C13H12N4. The SMILES string of the molecule is Cc1cc2ncn(-c3ncccn3)c2cc1C. The lowest BCUT2D eigenvalue weighted by atomic mass is 10.1. The summed E-state index contributed by atoms with van der Waals surface area (Å²) in [7, 11) is 0. The van der Waals surface area contributed by atoms with Gasteiger partial charge in [-0.2, -0.15) is 0 Å². The monoisotopic (exact) mass is 224 g/mol. The summed E-state index contributed by atoms with van der Waals surface area (Å²) in [6.45, 7) is 4.19. The van der Waals surface area contributed by atoms with E-state index in [1.165, 1.54) is 11.1 Å². The van der Waals surface area contributed by atoms with Gasteiger partial charge in [0.1, 0.15) is 6.33 Å². The quantitative estimate of drug-likeness (QED) is 0.637. The minimum Gasteiger partial charge on any atom is -0.267 e. The van der Waals surface area contributed by atoms with Crippen LogP contribution in [0.3, 0.4) is 0 Å². The predicted molar refractivity (Wildman–Crippen MR) is 66.1 cm³/mol. The van der Waals surface area contributed by atoms with E-state index in [0.29, 0.717) is 5.95 Å². The third-order valence-electron chi connectivity index (χ3n) is 2.93. The minimum absolute atomic E-state index is 0.651. The molecule has 0 N–H and O–H groups in total. The molecule has 0 aliphatic carbocycles. The fraction of sp³-hybridized carbons (Fsp3) is 0.154. The summed E-state index contributed by atoms with van der Waals surface area (Å²) < 4.78 is 1.90. The Bertz CT molecular complexity index is 670. The van der Waals surface area contributed by atoms with E-state index in [2.05, 4.69) is 40.9 Å². The molecule has 2 heterocycles. The van der Waals surface area contributed by atoms with Crippen LogP contribution < -0.4 is 0 Å². The van der Waals surface area contributed by atoms with E-state index in [9.17, 15) is 0 Å². The Morgan fingerprint density at radius 2 is 1.65 bits per heavy atom. The molecule has 0 aliphatic rings. The molecule has 0 amide bonds. The van der Waals surface area contributed by atoms with Gasteiger partial charge in [0.05, 0.1) is 11.0 Å². The maximum absolute atomic E-state index is 4.38. The van der Waals surface area contributed by atoms with Gasteiger partial charge >= 0.3 is 0 Å². The van der Waals surface area contributed by atoms with E-state index in [1.54, 1.807) is 24.8 Å². The third kappa shape index (κ3) is 1.58. The van der Waals surface area contributed by atoms with Gasteiger partial charge < -0.3 is 0 Å². The predicted octanol–water partition coefficient (Wildman–Crippen LogP) is 2.43. The lowest BCUT2D eigenvalue weighted by molar-refractivity contribution is 0.948. The number of rotatable bonds is 1. The zero-order valence-corrected chi connectivity index (χ0v) is 9.75. The van der Waals surface area contributed by atoms with E-state index in [-0.39, 0.29) is 0 Å². The van der Waals surface area contributed by atoms with Crippen LogP contribution in [-0.2, 0) is 0 Å². The second-order valence-corrected chi connectivity index (χ2v) is 4.09. The standard InChI is InChI=1S/C13H12N4/c1-9-6-11-12(7-10(9)2)17(8-16-11)13-14-4-3-5-15-13/h3-8H,1-2H3. The molecule has 0 unspecified atom stereocenters. The summed E-state index contributed by atoms with van der Waals surface area (Å²) in [5.74, 6) is 0.651. The van der Waals surface area contributed by atoms with E-state index >= 15 is 0 Å². The van der Waals surface area contributed by atoms with Crippen molar-refractivity contribution in [2.75, 3.05) is 0 Å². The molecule has 17 heavy (non-hydrogen) atoms. The van der Waals surface area contributed by atoms with E-state index in [1.807, 2.05) is 4.57 Å². The molecular weight excluding hydrogens is 212 g/mol. The van der Waals surface area contributed by atoms with Crippen molar-refractivity contribution in [3.8, 4) is 5.95 Å². The van der Waals surface area contributed by atoms with Crippen molar-refractivity contribution < 1.29 is 0 Å². The van der Waals surface area contributed by atoms with Gasteiger partial charge in [-0.05, 0) is 43.2 Å². The average Bonchev–Trinajstić information content (AvgIpc) is 2.74. The summed E-state index contributed by atoms with van der Waals surface area (Å²) in [6.07, 6.45) is 5.23. The van der Waals surface area contributed by atoms with Crippen LogP contribution in [-0.4, -0.2) is 19.5 Å². The lowest BCUT2D eigenvalue weighted by Crippen LogP contribution is -1.98. The smallest absolute Gasteiger partial charge is 0.235 e. The van der Waals surface area contributed by atoms with Crippen LogP contribution in [0.5, 0.6) is 0 Å². The first-order chi connectivity index (χ1) is 8.25. The number of aryl methyl sites for hydroxylation is 2. The Kier molecular flexibility index (Phi) is 2.14. The summed E-state index contributed by atoms with van der Waals surface area (Å²) in [5, 5.41) is 0. The van der Waals surface area contributed by atoms with Crippen LogP contribution in [0.1, 0.15) is 11.1 Å². The number of hydrogen-bond donors (Lipinski definition) is 0. The summed E-state index contributed by atoms with van der Waals surface area (Å²) in [5.41, 5.74) is 4.51. The number of hydrogen-bond acceptors (Lipinski definition) is 3. The number of nitrogens with zero attached hydrogens (tertiary/aromatic N) is 4. The van der Waals surface area contributed by atoms with Crippen LogP contribution in [0.25, 0.3) is 17.0 Å².